The van der Waals surface area contributed by atoms with Crippen LogP contribution in [0.1, 0.15) is 59.6 Å². The maximum absolute atomic E-state index is 14.1. The third-order valence-corrected chi connectivity index (χ3v) is 5.34. The summed E-state index contributed by atoms with van der Waals surface area (Å²) in [5.41, 5.74) is -0.223. The van der Waals surface area contributed by atoms with Crippen LogP contribution in [0, 0.1) is 12.7 Å². The Labute approximate surface area is 178 Å². The minimum atomic E-state index is -0.727. The molecular formula is C21H30BClFNO4. The highest BCUT2D eigenvalue weighted by molar-refractivity contribution is 6.56. The number of hydrogen-bond acceptors (Lipinski definition) is 4. The molecule has 0 aliphatic carbocycles. The van der Waals surface area contributed by atoms with Crippen LogP contribution in [0.5, 0.6) is 0 Å². The molecule has 1 heterocycles. The lowest BCUT2D eigenvalue weighted by Gasteiger charge is -2.32. The summed E-state index contributed by atoms with van der Waals surface area (Å²) in [6.45, 7) is 14.8. The van der Waals surface area contributed by atoms with Gasteiger partial charge >= 0.3 is 13.2 Å². The Morgan fingerprint density at radius 1 is 1.24 bits per heavy atom. The molecular weight excluding hydrogens is 395 g/mol. The number of halogens is 2. The van der Waals surface area contributed by atoms with E-state index in [4.69, 9.17) is 25.6 Å². The van der Waals surface area contributed by atoms with Gasteiger partial charge in [0.1, 0.15) is 11.4 Å². The number of carbonyl (C=O) groups excluding carboxylic acids is 1. The summed E-state index contributed by atoms with van der Waals surface area (Å²) in [5, 5.41) is 3.11. The van der Waals surface area contributed by atoms with Crippen molar-refractivity contribution >= 4 is 30.9 Å². The molecule has 0 aromatic heterocycles. The number of nitrogens with one attached hydrogen (secondary N) is 1. The van der Waals surface area contributed by atoms with Crippen molar-refractivity contribution in [3.63, 3.8) is 0 Å². The van der Waals surface area contributed by atoms with E-state index in [-0.39, 0.29) is 12.4 Å². The summed E-state index contributed by atoms with van der Waals surface area (Å²) in [6.07, 6.45) is 1.12. The van der Waals surface area contributed by atoms with Gasteiger partial charge in [-0.15, -0.1) is 0 Å². The SMILES string of the molecule is Cc1cc(Cl)c(C=C(CNC(=O)OC(C)(C)C)B2OC(C)(C)C(C)(C)O2)cc1F. The molecule has 1 fully saturated rings. The molecule has 1 aromatic carbocycles. The summed E-state index contributed by atoms with van der Waals surface area (Å²) >= 11 is 6.31. The third-order valence-electron chi connectivity index (χ3n) is 5.01. The fourth-order valence-electron chi connectivity index (χ4n) is 2.66. The van der Waals surface area contributed by atoms with E-state index < -0.39 is 30.0 Å². The highest BCUT2D eigenvalue weighted by atomic mass is 35.5. The molecule has 1 aliphatic heterocycles. The maximum Gasteiger partial charge on any atom is 0.492 e. The number of ether oxygens (including phenoxy) is 1. The van der Waals surface area contributed by atoms with Crippen LogP contribution < -0.4 is 5.32 Å². The topological polar surface area (TPSA) is 56.8 Å². The van der Waals surface area contributed by atoms with E-state index in [2.05, 4.69) is 5.32 Å². The second-order valence-electron chi connectivity index (χ2n) is 9.29. The molecule has 5 nitrogen and oxygen atoms in total. The van der Waals surface area contributed by atoms with Crippen LogP contribution in [-0.2, 0) is 14.0 Å². The standard InChI is InChI=1S/C21H30BClFNO4/c1-13-9-16(23)14(11-17(13)24)10-15(12-25-18(26)27-19(2,3)4)22-28-20(5,6)21(7,8)29-22/h9-11H,12H2,1-8H3,(H,25,26). The van der Waals surface area contributed by atoms with Crippen molar-refractivity contribution in [1.29, 1.82) is 0 Å². The van der Waals surface area contributed by atoms with Gasteiger partial charge in [-0.25, -0.2) is 9.18 Å². The van der Waals surface area contributed by atoms with E-state index in [0.717, 1.165) is 0 Å². The summed E-state index contributed by atoms with van der Waals surface area (Å²) in [7, 11) is -0.727. The molecule has 1 amide bonds. The molecule has 2 rings (SSSR count). The van der Waals surface area contributed by atoms with E-state index in [9.17, 15) is 9.18 Å². The lowest BCUT2D eigenvalue weighted by molar-refractivity contribution is 0.00578. The predicted octanol–water partition coefficient (Wildman–Crippen LogP) is 5.33. The molecule has 8 heteroatoms. The minimum absolute atomic E-state index is 0.0948. The normalized spacial score (nSPS) is 18.7. The first-order chi connectivity index (χ1) is 13.1. The zero-order valence-corrected chi connectivity index (χ0v) is 19.2. The van der Waals surface area contributed by atoms with Crippen LogP contribution in [0.25, 0.3) is 6.08 Å². The maximum atomic E-state index is 14.1. The van der Waals surface area contributed by atoms with Gasteiger partial charge in [-0.1, -0.05) is 17.7 Å². The predicted molar refractivity (Wildman–Crippen MR) is 114 cm³/mol. The van der Waals surface area contributed by atoms with E-state index in [1.807, 2.05) is 27.7 Å². The van der Waals surface area contributed by atoms with Gasteiger partial charge in [0.2, 0.25) is 0 Å². The lowest BCUT2D eigenvalue weighted by atomic mass is 9.77. The van der Waals surface area contributed by atoms with Crippen molar-refractivity contribution < 1.29 is 23.2 Å². The minimum Gasteiger partial charge on any atom is -0.444 e. The molecule has 0 spiro atoms. The van der Waals surface area contributed by atoms with E-state index in [0.29, 0.717) is 21.6 Å². The Morgan fingerprint density at radius 2 is 1.79 bits per heavy atom. The Morgan fingerprint density at radius 3 is 2.31 bits per heavy atom. The number of carbonyl (C=O) groups is 1. The first-order valence-corrected chi connectivity index (χ1v) is 9.98. The molecule has 0 bridgehead atoms. The van der Waals surface area contributed by atoms with Crippen molar-refractivity contribution in [3.8, 4) is 0 Å². The van der Waals surface area contributed by atoms with Crippen molar-refractivity contribution in [2.45, 2.75) is 72.2 Å². The van der Waals surface area contributed by atoms with Crippen molar-refractivity contribution in [2.75, 3.05) is 6.54 Å². The molecule has 29 heavy (non-hydrogen) atoms. The Kier molecular flexibility index (Phi) is 6.77. The second kappa shape index (κ2) is 8.28. The van der Waals surface area contributed by atoms with Crippen LogP contribution in [0.15, 0.2) is 17.6 Å². The first-order valence-electron chi connectivity index (χ1n) is 9.60. The van der Waals surface area contributed by atoms with Crippen molar-refractivity contribution in [3.05, 3.63) is 39.6 Å². The summed E-state index contributed by atoms with van der Waals surface area (Å²) in [5.74, 6) is -0.367. The Bertz CT molecular complexity index is 802. The molecule has 1 saturated heterocycles. The summed E-state index contributed by atoms with van der Waals surface area (Å²) < 4.78 is 31.6. The Hall–Kier alpha value is -1.57. The second-order valence-corrected chi connectivity index (χ2v) is 9.69. The molecule has 0 atom stereocenters. The van der Waals surface area contributed by atoms with Gasteiger partial charge in [0, 0.05) is 11.6 Å². The first kappa shape index (κ1) is 23.7. The van der Waals surface area contributed by atoms with E-state index in [1.165, 1.54) is 6.07 Å². The van der Waals surface area contributed by atoms with Gasteiger partial charge in [-0.2, -0.15) is 0 Å². The average molecular weight is 426 g/mol. The van der Waals surface area contributed by atoms with Gasteiger partial charge < -0.3 is 19.4 Å². The smallest absolute Gasteiger partial charge is 0.444 e. The molecule has 0 unspecified atom stereocenters. The summed E-state index contributed by atoms with van der Waals surface area (Å²) in [6, 6.07) is 2.92. The van der Waals surface area contributed by atoms with Crippen LogP contribution in [0.3, 0.4) is 0 Å². The van der Waals surface area contributed by atoms with Crippen LogP contribution in [0.4, 0.5) is 9.18 Å². The zero-order chi connectivity index (χ0) is 22.2. The van der Waals surface area contributed by atoms with Gasteiger partial charge in [0.15, 0.2) is 0 Å². The highest BCUT2D eigenvalue weighted by Gasteiger charge is 2.52. The van der Waals surface area contributed by atoms with Crippen LogP contribution in [-0.4, -0.2) is 36.6 Å². The molecule has 0 saturated carbocycles. The number of benzene rings is 1. The van der Waals surface area contributed by atoms with Gasteiger partial charge in [0.05, 0.1) is 11.2 Å². The molecule has 1 aromatic rings. The van der Waals surface area contributed by atoms with E-state index >= 15 is 0 Å². The number of rotatable bonds is 4. The van der Waals surface area contributed by atoms with Crippen LogP contribution in [0.2, 0.25) is 5.02 Å². The third kappa shape index (κ3) is 5.97. The number of amides is 1. The monoisotopic (exact) mass is 425 g/mol. The number of alkyl carbamates (subject to hydrolysis) is 1. The highest BCUT2D eigenvalue weighted by Crippen LogP contribution is 2.39. The largest absolute Gasteiger partial charge is 0.492 e. The lowest BCUT2D eigenvalue weighted by Crippen LogP contribution is -2.41. The number of aryl methyl sites for hydroxylation is 1. The molecule has 0 radical (unpaired) electrons. The average Bonchev–Trinajstić information content (AvgIpc) is 2.74. The van der Waals surface area contributed by atoms with Gasteiger partial charge in [-0.3, -0.25) is 0 Å². The zero-order valence-electron chi connectivity index (χ0n) is 18.4. The van der Waals surface area contributed by atoms with Crippen molar-refractivity contribution in [1.82, 2.24) is 5.32 Å². The fraction of sp³-hybridized carbons (Fsp3) is 0.571. The van der Waals surface area contributed by atoms with E-state index in [1.54, 1.807) is 39.8 Å². The number of hydrogen-bond donors (Lipinski definition) is 1. The van der Waals surface area contributed by atoms with Gasteiger partial charge in [-0.05, 0) is 84.1 Å². The van der Waals surface area contributed by atoms with Gasteiger partial charge in [0.25, 0.3) is 0 Å². The quantitative estimate of drug-likeness (QED) is 0.663. The fourth-order valence-corrected chi connectivity index (χ4v) is 2.93. The van der Waals surface area contributed by atoms with Crippen molar-refractivity contribution in [2.24, 2.45) is 0 Å². The molecule has 160 valence electrons. The van der Waals surface area contributed by atoms with Crippen LogP contribution >= 0.6 is 11.6 Å². The Balaban J connectivity index is 2.34. The summed E-state index contributed by atoms with van der Waals surface area (Å²) in [4.78, 5) is 12.1. The molecule has 1 aliphatic rings. The molecule has 1 N–H and O–H groups in total.